The molecule has 1 aliphatic rings. The highest BCUT2D eigenvalue weighted by molar-refractivity contribution is 7.11. The van der Waals surface area contributed by atoms with Crippen molar-refractivity contribution in [3.8, 4) is 0 Å². The largest absolute Gasteiger partial charge is 0.375 e. The molecule has 0 aliphatic heterocycles. The predicted octanol–water partition coefficient (Wildman–Crippen LogP) is 2.67. The molecule has 1 saturated carbocycles. The standard InChI is InChI=1S/C12H20N2OS/c1-3-13-7-10-12(9-5-6-9)14-11(16-10)8-15-4-2/h9,13H,3-8H2,1-2H3. The zero-order valence-electron chi connectivity index (χ0n) is 10.1. The fourth-order valence-corrected chi connectivity index (χ4v) is 2.77. The van der Waals surface area contributed by atoms with Crippen molar-refractivity contribution in [1.82, 2.24) is 10.3 Å². The molecule has 0 radical (unpaired) electrons. The highest BCUT2D eigenvalue weighted by atomic mass is 32.1. The predicted molar refractivity (Wildman–Crippen MR) is 66.8 cm³/mol. The Kier molecular flexibility index (Phi) is 4.32. The lowest BCUT2D eigenvalue weighted by molar-refractivity contribution is 0.134. The van der Waals surface area contributed by atoms with Gasteiger partial charge in [0.05, 0.1) is 12.3 Å². The van der Waals surface area contributed by atoms with Crippen LogP contribution in [0.1, 0.15) is 48.2 Å². The highest BCUT2D eigenvalue weighted by Gasteiger charge is 2.29. The summed E-state index contributed by atoms with van der Waals surface area (Å²) in [7, 11) is 0. The molecule has 1 fully saturated rings. The van der Waals surface area contributed by atoms with E-state index in [1.165, 1.54) is 23.4 Å². The van der Waals surface area contributed by atoms with Crippen molar-refractivity contribution in [3.05, 3.63) is 15.6 Å². The van der Waals surface area contributed by atoms with Gasteiger partial charge in [-0.05, 0) is 26.3 Å². The van der Waals surface area contributed by atoms with E-state index in [9.17, 15) is 0 Å². The molecule has 1 heterocycles. The summed E-state index contributed by atoms with van der Waals surface area (Å²) in [6, 6.07) is 0. The third-order valence-electron chi connectivity index (χ3n) is 2.70. The van der Waals surface area contributed by atoms with Crippen LogP contribution < -0.4 is 5.32 Å². The fraction of sp³-hybridized carbons (Fsp3) is 0.750. The van der Waals surface area contributed by atoms with Gasteiger partial charge in [-0.15, -0.1) is 11.3 Å². The molecular weight excluding hydrogens is 220 g/mol. The normalized spacial score (nSPS) is 15.6. The van der Waals surface area contributed by atoms with Crippen LogP contribution in [-0.4, -0.2) is 18.1 Å². The molecule has 3 nitrogen and oxygen atoms in total. The Labute approximate surface area is 101 Å². The lowest BCUT2D eigenvalue weighted by atomic mass is 10.2. The first-order chi connectivity index (χ1) is 7.85. The van der Waals surface area contributed by atoms with E-state index in [1.807, 2.05) is 18.3 Å². The van der Waals surface area contributed by atoms with Crippen LogP contribution in [0.2, 0.25) is 0 Å². The fourth-order valence-electron chi connectivity index (χ4n) is 1.71. The summed E-state index contributed by atoms with van der Waals surface area (Å²) in [5.41, 5.74) is 1.33. The maximum Gasteiger partial charge on any atom is 0.119 e. The minimum absolute atomic E-state index is 0.674. The quantitative estimate of drug-likeness (QED) is 0.795. The average Bonchev–Trinajstić information content (AvgIpc) is 3.06. The van der Waals surface area contributed by atoms with Crippen LogP contribution in [0.4, 0.5) is 0 Å². The molecule has 0 saturated heterocycles. The van der Waals surface area contributed by atoms with Crippen molar-refractivity contribution >= 4 is 11.3 Å². The molecule has 16 heavy (non-hydrogen) atoms. The molecule has 0 spiro atoms. The van der Waals surface area contributed by atoms with Crippen molar-refractivity contribution in [2.24, 2.45) is 0 Å². The number of nitrogens with zero attached hydrogens (tertiary/aromatic N) is 1. The number of thiazole rings is 1. The molecule has 0 amide bonds. The first kappa shape index (κ1) is 12.0. The molecule has 1 N–H and O–H groups in total. The maximum atomic E-state index is 5.42. The number of hydrogen-bond donors (Lipinski definition) is 1. The number of nitrogens with one attached hydrogen (secondary N) is 1. The second-order valence-corrected chi connectivity index (χ2v) is 5.28. The van der Waals surface area contributed by atoms with E-state index in [2.05, 4.69) is 12.2 Å². The first-order valence-electron chi connectivity index (χ1n) is 6.12. The van der Waals surface area contributed by atoms with Gasteiger partial charge >= 0.3 is 0 Å². The van der Waals surface area contributed by atoms with Crippen LogP contribution in [0.25, 0.3) is 0 Å². The van der Waals surface area contributed by atoms with Crippen LogP contribution in [0.3, 0.4) is 0 Å². The van der Waals surface area contributed by atoms with Crippen molar-refractivity contribution in [1.29, 1.82) is 0 Å². The summed E-state index contributed by atoms with van der Waals surface area (Å²) in [6.07, 6.45) is 2.63. The first-order valence-corrected chi connectivity index (χ1v) is 6.93. The topological polar surface area (TPSA) is 34.1 Å². The summed E-state index contributed by atoms with van der Waals surface area (Å²) >= 11 is 1.81. The monoisotopic (exact) mass is 240 g/mol. The summed E-state index contributed by atoms with van der Waals surface area (Å²) < 4.78 is 5.42. The van der Waals surface area contributed by atoms with Crippen LogP contribution in [0.5, 0.6) is 0 Å². The molecule has 0 bridgehead atoms. The van der Waals surface area contributed by atoms with Crippen LogP contribution >= 0.6 is 11.3 Å². The number of ether oxygens (including phenoxy) is 1. The highest BCUT2D eigenvalue weighted by Crippen LogP contribution is 2.42. The van der Waals surface area contributed by atoms with E-state index < -0.39 is 0 Å². The summed E-state index contributed by atoms with van der Waals surface area (Å²) in [5.74, 6) is 0.736. The Morgan fingerprint density at radius 3 is 2.88 bits per heavy atom. The van der Waals surface area contributed by atoms with E-state index in [-0.39, 0.29) is 0 Å². The maximum absolute atomic E-state index is 5.42. The van der Waals surface area contributed by atoms with Gasteiger partial charge in [0.2, 0.25) is 0 Å². The molecule has 1 aromatic heterocycles. The third kappa shape index (κ3) is 3.03. The Morgan fingerprint density at radius 2 is 2.25 bits per heavy atom. The van der Waals surface area contributed by atoms with Crippen LogP contribution in [0, 0.1) is 0 Å². The summed E-state index contributed by atoms with van der Waals surface area (Å²) in [4.78, 5) is 6.13. The molecule has 0 aromatic carbocycles. The van der Waals surface area contributed by atoms with Gasteiger partial charge in [-0.3, -0.25) is 0 Å². The average molecular weight is 240 g/mol. The van der Waals surface area contributed by atoms with Crippen molar-refractivity contribution in [3.63, 3.8) is 0 Å². The van der Waals surface area contributed by atoms with Crippen molar-refractivity contribution < 1.29 is 4.74 Å². The number of rotatable bonds is 7. The lowest BCUT2D eigenvalue weighted by Gasteiger charge is -2.00. The summed E-state index contributed by atoms with van der Waals surface area (Å²) in [5, 5.41) is 4.52. The molecule has 2 rings (SSSR count). The van der Waals surface area contributed by atoms with Gasteiger partial charge in [0, 0.05) is 23.9 Å². The zero-order chi connectivity index (χ0) is 11.4. The van der Waals surface area contributed by atoms with Gasteiger partial charge in [0.15, 0.2) is 0 Å². The minimum atomic E-state index is 0.674. The number of aromatic nitrogens is 1. The van der Waals surface area contributed by atoms with Crippen LogP contribution in [0.15, 0.2) is 0 Å². The Bertz CT molecular complexity index is 334. The molecule has 0 unspecified atom stereocenters. The molecule has 1 aliphatic carbocycles. The molecule has 4 heteroatoms. The SMILES string of the molecule is CCNCc1sc(COCC)nc1C1CC1. The summed E-state index contributed by atoms with van der Waals surface area (Å²) in [6.45, 7) is 7.58. The molecular formula is C12H20N2OS. The smallest absolute Gasteiger partial charge is 0.119 e. The minimum Gasteiger partial charge on any atom is -0.375 e. The van der Waals surface area contributed by atoms with E-state index in [1.54, 1.807) is 0 Å². The third-order valence-corrected chi connectivity index (χ3v) is 3.75. The van der Waals surface area contributed by atoms with Gasteiger partial charge in [-0.2, -0.15) is 0 Å². The van der Waals surface area contributed by atoms with Gasteiger partial charge in [0.25, 0.3) is 0 Å². The molecule has 90 valence electrons. The van der Waals surface area contributed by atoms with Gasteiger partial charge in [0.1, 0.15) is 5.01 Å². The Balaban J connectivity index is 2.03. The van der Waals surface area contributed by atoms with Crippen LogP contribution in [-0.2, 0) is 17.9 Å². The molecule has 1 aromatic rings. The van der Waals surface area contributed by atoms with E-state index in [0.717, 1.165) is 30.6 Å². The Morgan fingerprint density at radius 1 is 1.44 bits per heavy atom. The van der Waals surface area contributed by atoms with Crippen molar-refractivity contribution in [2.45, 2.75) is 45.8 Å². The van der Waals surface area contributed by atoms with Crippen molar-refractivity contribution in [2.75, 3.05) is 13.2 Å². The lowest BCUT2D eigenvalue weighted by Crippen LogP contribution is -2.11. The van der Waals surface area contributed by atoms with E-state index in [4.69, 9.17) is 9.72 Å². The van der Waals surface area contributed by atoms with E-state index >= 15 is 0 Å². The second kappa shape index (κ2) is 5.75. The zero-order valence-corrected chi connectivity index (χ0v) is 10.9. The van der Waals surface area contributed by atoms with Gasteiger partial charge < -0.3 is 10.1 Å². The van der Waals surface area contributed by atoms with Gasteiger partial charge in [-0.1, -0.05) is 6.92 Å². The van der Waals surface area contributed by atoms with E-state index in [0.29, 0.717) is 6.61 Å². The number of hydrogen-bond acceptors (Lipinski definition) is 4. The van der Waals surface area contributed by atoms with Gasteiger partial charge in [-0.25, -0.2) is 4.98 Å². The molecule has 0 atom stereocenters. The Hall–Kier alpha value is -0.450. The second-order valence-electron chi connectivity index (χ2n) is 4.11.